The lowest BCUT2D eigenvalue weighted by Gasteiger charge is -2.36. The Morgan fingerprint density at radius 1 is 0.895 bits per heavy atom. The second-order valence-electron chi connectivity index (χ2n) is 6.77. The third kappa shape index (κ3) is 2.19. The number of hydrogen-bond donors (Lipinski definition) is 1. The molecule has 3 heterocycles. The van der Waals surface area contributed by atoms with E-state index < -0.39 is 0 Å². The van der Waals surface area contributed by atoms with Gasteiger partial charge in [0, 0.05) is 31.2 Å². The molecule has 4 nitrogen and oxygen atoms in total. The number of piperidine rings is 1. The van der Waals surface area contributed by atoms with E-state index in [0.29, 0.717) is 24.0 Å². The second kappa shape index (κ2) is 4.74. The van der Waals surface area contributed by atoms with Gasteiger partial charge in [-0.1, -0.05) is 6.42 Å². The molecule has 0 aromatic rings. The molecular weight excluding hydrogens is 238 g/mol. The van der Waals surface area contributed by atoms with Gasteiger partial charge < -0.3 is 10.2 Å². The molecule has 19 heavy (non-hydrogen) atoms. The fraction of sp³-hybridized carbons (Fsp3) is 0.933. The lowest BCUT2D eigenvalue weighted by atomic mass is 9.98. The number of amides is 1. The van der Waals surface area contributed by atoms with Crippen LogP contribution in [0.15, 0.2) is 0 Å². The van der Waals surface area contributed by atoms with Gasteiger partial charge in [-0.25, -0.2) is 0 Å². The van der Waals surface area contributed by atoms with Crippen molar-refractivity contribution in [3.05, 3.63) is 0 Å². The van der Waals surface area contributed by atoms with Crippen LogP contribution in [-0.2, 0) is 4.79 Å². The van der Waals surface area contributed by atoms with Crippen LogP contribution in [0.25, 0.3) is 0 Å². The predicted molar refractivity (Wildman–Crippen MR) is 73.9 cm³/mol. The number of rotatable bonds is 3. The zero-order chi connectivity index (χ0) is 12.8. The number of hydrogen-bond acceptors (Lipinski definition) is 3. The number of carbonyl (C=O) groups is 1. The van der Waals surface area contributed by atoms with Gasteiger partial charge in [-0.2, -0.15) is 0 Å². The molecule has 1 saturated carbocycles. The van der Waals surface area contributed by atoms with E-state index in [4.69, 9.17) is 0 Å². The number of fused-ring (bicyclic) bond motifs is 1. The van der Waals surface area contributed by atoms with Crippen LogP contribution in [0, 0.1) is 0 Å². The van der Waals surface area contributed by atoms with Crippen LogP contribution in [0.3, 0.4) is 0 Å². The highest BCUT2D eigenvalue weighted by atomic mass is 16.2. The first-order valence-corrected chi connectivity index (χ1v) is 8.13. The Bertz CT molecular complexity index is 368. The molecule has 0 aromatic carbocycles. The normalized spacial score (nSPS) is 39.9. The molecule has 1 N–H and O–H groups in total. The van der Waals surface area contributed by atoms with Crippen molar-refractivity contribution in [2.45, 2.75) is 69.1 Å². The SMILES string of the molecule is O=C1C(NC2CC2)CCN1C1CCN2CCCCC12. The minimum atomic E-state index is 0.130. The molecule has 4 fully saturated rings. The summed E-state index contributed by atoms with van der Waals surface area (Å²) in [5, 5.41) is 3.52. The maximum Gasteiger partial charge on any atom is 0.240 e. The largest absolute Gasteiger partial charge is 0.337 e. The van der Waals surface area contributed by atoms with E-state index in [0.717, 1.165) is 13.0 Å². The lowest BCUT2D eigenvalue weighted by Crippen LogP contribution is -2.49. The molecule has 4 rings (SSSR count). The van der Waals surface area contributed by atoms with E-state index in [9.17, 15) is 4.79 Å². The van der Waals surface area contributed by atoms with E-state index in [-0.39, 0.29) is 6.04 Å². The number of likely N-dealkylation sites (tertiary alicyclic amines) is 1. The highest BCUT2D eigenvalue weighted by Gasteiger charge is 2.45. The average molecular weight is 263 g/mol. The Labute approximate surface area is 115 Å². The Morgan fingerprint density at radius 3 is 2.63 bits per heavy atom. The zero-order valence-electron chi connectivity index (χ0n) is 11.7. The predicted octanol–water partition coefficient (Wildman–Crippen LogP) is 0.966. The fourth-order valence-electron chi connectivity index (χ4n) is 4.30. The molecule has 4 aliphatic rings. The quantitative estimate of drug-likeness (QED) is 0.824. The van der Waals surface area contributed by atoms with Crippen molar-refractivity contribution < 1.29 is 4.79 Å². The summed E-state index contributed by atoms with van der Waals surface area (Å²) in [7, 11) is 0. The minimum Gasteiger partial charge on any atom is -0.337 e. The molecular formula is C15H25N3O. The molecule has 3 saturated heterocycles. The van der Waals surface area contributed by atoms with Crippen LogP contribution in [-0.4, -0.2) is 59.5 Å². The average Bonchev–Trinajstić information content (AvgIpc) is 3.04. The number of nitrogens with zero attached hydrogens (tertiary/aromatic N) is 2. The molecule has 3 atom stereocenters. The van der Waals surface area contributed by atoms with Crippen LogP contribution < -0.4 is 5.32 Å². The van der Waals surface area contributed by atoms with Gasteiger partial charge in [0.2, 0.25) is 5.91 Å². The minimum absolute atomic E-state index is 0.130. The summed E-state index contributed by atoms with van der Waals surface area (Å²) in [4.78, 5) is 17.4. The van der Waals surface area contributed by atoms with Crippen LogP contribution >= 0.6 is 0 Å². The van der Waals surface area contributed by atoms with Crippen molar-refractivity contribution in [3.8, 4) is 0 Å². The van der Waals surface area contributed by atoms with Gasteiger partial charge in [-0.05, 0) is 45.1 Å². The van der Waals surface area contributed by atoms with Gasteiger partial charge in [0.1, 0.15) is 0 Å². The Balaban J connectivity index is 1.43. The standard InChI is InChI=1S/C15H25N3O/c19-15-12(16-11-4-5-11)6-10-18(15)14-7-9-17-8-2-1-3-13(14)17/h11-14,16H,1-10H2. The molecule has 1 aliphatic carbocycles. The lowest BCUT2D eigenvalue weighted by molar-refractivity contribution is -0.132. The van der Waals surface area contributed by atoms with Crippen LogP contribution in [0.4, 0.5) is 0 Å². The summed E-state index contributed by atoms with van der Waals surface area (Å²) in [5.74, 6) is 0.393. The Hall–Kier alpha value is -0.610. The zero-order valence-corrected chi connectivity index (χ0v) is 11.7. The summed E-state index contributed by atoms with van der Waals surface area (Å²) >= 11 is 0. The van der Waals surface area contributed by atoms with E-state index in [1.807, 2.05) is 0 Å². The second-order valence-corrected chi connectivity index (χ2v) is 6.77. The van der Waals surface area contributed by atoms with Crippen molar-refractivity contribution in [2.75, 3.05) is 19.6 Å². The van der Waals surface area contributed by atoms with E-state index in [1.54, 1.807) is 0 Å². The van der Waals surface area contributed by atoms with Crippen molar-refractivity contribution in [3.63, 3.8) is 0 Å². The molecule has 0 bridgehead atoms. The first kappa shape index (κ1) is 12.2. The molecule has 0 radical (unpaired) electrons. The van der Waals surface area contributed by atoms with E-state index in [2.05, 4.69) is 15.1 Å². The monoisotopic (exact) mass is 263 g/mol. The van der Waals surface area contributed by atoms with Gasteiger partial charge in [0.05, 0.1) is 6.04 Å². The van der Waals surface area contributed by atoms with E-state index >= 15 is 0 Å². The molecule has 0 spiro atoms. The third-order valence-electron chi connectivity index (χ3n) is 5.47. The summed E-state index contributed by atoms with van der Waals surface area (Å²) < 4.78 is 0. The highest BCUT2D eigenvalue weighted by Crippen LogP contribution is 2.33. The Kier molecular flexibility index (Phi) is 3.03. The van der Waals surface area contributed by atoms with Crippen LogP contribution in [0.5, 0.6) is 0 Å². The third-order valence-corrected chi connectivity index (χ3v) is 5.47. The van der Waals surface area contributed by atoms with Gasteiger partial charge in [-0.15, -0.1) is 0 Å². The number of nitrogens with one attached hydrogen (secondary N) is 1. The maximum atomic E-state index is 12.6. The van der Waals surface area contributed by atoms with Gasteiger partial charge >= 0.3 is 0 Å². The molecule has 3 aliphatic heterocycles. The fourth-order valence-corrected chi connectivity index (χ4v) is 4.30. The van der Waals surface area contributed by atoms with Gasteiger partial charge in [0.15, 0.2) is 0 Å². The molecule has 3 unspecified atom stereocenters. The molecule has 0 aromatic heterocycles. The smallest absolute Gasteiger partial charge is 0.240 e. The highest BCUT2D eigenvalue weighted by molar-refractivity contribution is 5.84. The van der Waals surface area contributed by atoms with Gasteiger partial charge in [0.25, 0.3) is 0 Å². The van der Waals surface area contributed by atoms with E-state index in [1.165, 1.54) is 51.6 Å². The first-order valence-electron chi connectivity index (χ1n) is 8.13. The molecule has 1 amide bonds. The van der Waals surface area contributed by atoms with Crippen LogP contribution in [0.1, 0.15) is 44.9 Å². The van der Waals surface area contributed by atoms with Crippen molar-refractivity contribution in [2.24, 2.45) is 0 Å². The van der Waals surface area contributed by atoms with Crippen molar-refractivity contribution in [1.82, 2.24) is 15.1 Å². The summed E-state index contributed by atoms with van der Waals surface area (Å²) in [6.07, 6.45) is 8.76. The van der Waals surface area contributed by atoms with Crippen molar-refractivity contribution in [1.29, 1.82) is 0 Å². The Morgan fingerprint density at radius 2 is 1.79 bits per heavy atom. The summed E-state index contributed by atoms with van der Waals surface area (Å²) in [5.41, 5.74) is 0. The molecule has 4 heteroatoms. The molecule has 106 valence electrons. The van der Waals surface area contributed by atoms with Crippen LogP contribution in [0.2, 0.25) is 0 Å². The van der Waals surface area contributed by atoms with Gasteiger partial charge in [-0.3, -0.25) is 9.69 Å². The number of carbonyl (C=O) groups excluding carboxylic acids is 1. The topological polar surface area (TPSA) is 35.6 Å². The first-order chi connectivity index (χ1) is 9.33. The van der Waals surface area contributed by atoms with Crippen molar-refractivity contribution >= 4 is 5.91 Å². The summed E-state index contributed by atoms with van der Waals surface area (Å²) in [6, 6.07) is 1.95. The summed E-state index contributed by atoms with van der Waals surface area (Å²) in [6.45, 7) is 3.45. The maximum absolute atomic E-state index is 12.6.